The lowest BCUT2D eigenvalue weighted by molar-refractivity contribution is -0.117. The summed E-state index contributed by atoms with van der Waals surface area (Å²) in [5.74, 6) is -0.324. The predicted octanol–water partition coefficient (Wildman–Crippen LogP) is 2.93. The summed E-state index contributed by atoms with van der Waals surface area (Å²) in [4.78, 5) is 15.7. The van der Waals surface area contributed by atoms with Crippen molar-refractivity contribution in [2.45, 2.75) is 6.42 Å². The van der Waals surface area contributed by atoms with Gasteiger partial charge in [0.05, 0.1) is 12.1 Å². The third-order valence-corrected chi connectivity index (χ3v) is 3.31. The summed E-state index contributed by atoms with van der Waals surface area (Å²) in [6, 6.07) is 17.8. The summed E-state index contributed by atoms with van der Waals surface area (Å²) in [5, 5.41) is 2.07. The first-order valence-electron chi connectivity index (χ1n) is 6.46. The van der Waals surface area contributed by atoms with Crippen LogP contribution in [0.2, 0.25) is 0 Å². The van der Waals surface area contributed by atoms with E-state index < -0.39 is 0 Å². The maximum atomic E-state index is 11.2. The third kappa shape index (κ3) is 2.26. The van der Waals surface area contributed by atoms with Crippen LogP contribution < -0.4 is 5.73 Å². The van der Waals surface area contributed by atoms with E-state index in [1.165, 1.54) is 0 Å². The van der Waals surface area contributed by atoms with Gasteiger partial charge in [0, 0.05) is 17.1 Å². The van der Waals surface area contributed by atoms with Crippen LogP contribution in [-0.2, 0) is 11.2 Å². The van der Waals surface area contributed by atoms with E-state index in [1.54, 1.807) is 6.20 Å². The molecule has 0 unspecified atom stereocenters. The van der Waals surface area contributed by atoms with Crippen LogP contribution in [0.3, 0.4) is 0 Å². The first-order valence-corrected chi connectivity index (χ1v) is 6.46. The highest BCUT2D eigenvalue weighted by Crippen LogP contribution is 2.28. The van der Waals surface area contributed by atoms with Crippen LogP contribution in [-0.4, -0.2) is 10.9 Å². The minimum atomic E-state index is -0.324. The van der Waals surface area contributed by atoms with Gasteiger partial charge in [-0.05, 0) is 17.0 Å². The Balaban J connectivity index is 2.23. The molecular formula is C17H14N2O. The van der Waals surface area contributed by atoms with Gasteiger partial charge in [-0.15, -0.1) is 0 Å². The molecule has 3 heteroatoms. The van der Waals surface area contributed by atoms with E-state index >= 15 is 0 Å². The number of primary amides is 1. The van der Waals surface area contributed by atoms with Crippen molar-refractivity contribution in [1.29, 1.82) is 0 Å². The van der Waals surface area contributed by atoms with Crippen LogP contribution in [0.4, 0.5) is 0 Å². The number of hydrogen-bond donors (Lipinski definition) is 1. The maximum Gasteiger partial charge on any atom is 0.221 e. The van der Waals surface area contributed by atoms with Crippen molar-refractivity contribution in [3.8, 4) is 11.3 Å². The molecular weight excluding hydrogens is 248 g/mol. The molecule has 0 aliphatic heterocycles. The lowest BCUT2D eigenvalue weighted by Crippen LogP contribution is -2.13. The molecule has 20 heavy (non-hydrogen) atoms. The SMILES string of the molecule is NC(=O)Cc1cccc2c(-c3ccccc3)nccc12. The molecule has 0 bridgehead atoms. The van der Waals surface area contributed by atoms with Gasteiger partial charge in [0.2, 0.25) is 5.91 Å². The summed E-state index contributed by atoms with van der Waals surface area (Å²) < 4.78 is 0. The van der Waals surface area contributed by atoms with Crippen LogP contribution in [0.25, 0.3) is 22.0 Å². The Bertz CT molecular complexity index is 766. The number of pyridine rings is 1. The Hall–Kier alpha value is -2.68. The molecule has 0 radical (unpaired) electrons. The molecule has 1 aromatic heterocycles. The second-order valence-electron chi connectivity index (χ2n) is 4.68. The Kier molecular flexibility index (Phi) is 3.17. The quantitative estimate of drug-likeness (QED) is 0.789. The van der Waals surface area contributed by atoms with E-state index in [2.05, 4.69) is 4.98 Å². The molecule has 0 saturated heterocycles. The third-order valence-electron chi connectivity index (χ3n) is 3.31. The number of hydrogen-bond acceptors (Lipinski definition) is 2. The Morgan fingerprint density at radius 1 is 0.950 bits per heavy atom. The van der Waals surface area contributed by atoms with Gasteiger partial charge in [-0.3, -0.25) is 9.78 Å². The van der Waals surface area contributed by atoms with Gasteiger partial charge in [0.15, 0.2) is 0 Å². The van der Waals surface area contributed by atoms with Crippen molar-refractivity contribution >= 4 is 16.7 Å². The average molecular weight is 262 g/mol. The number of nitrogens with zero attached hydrogens (tertiary/aromatic N) is 1. The summed E-state index contributed by atoms with van der Waals surface area (Å²) >= 11 is 0. The van der Waals surface area contributed by atoms with Crippen molar-refractivity contribution in [3.05, 3.63) is 66.4 Å². The number of carbonyl (C=O) groups is 1. The minimum absolute atomic E-state index is 0.246. The molecule has 0 aliphatic rings. The van der Waals surface area contributed by atoms with Crippen LogP contribution in [0.1, 0.15) is 5.56 Å². The van der Waals surface area contributed by atoms with E-state index in [4.69, 9.17) is 5.73 Å². The van der Waals surface area contributed by atoms with Crippen molar-refractivity contribution in [3.63, 3.8) is 0 Å². The fourth-order valence-corrected chi connectivity index (χ4v) is 2.44. The average Bonchev–Trinajstić information content (AvgIpc) is 2.47. The maximum absolute atomic E-state index is 11.2. The summed E-state index contributed by atoms with van der Waals surface area (Å²) in [5.41, 5.74) is 8.24. The molecule has 0 fully saturated rings. The monoisotopic (exact) mass is 262 g/mol. The molecule has 0 atom stereocenters. The van der Waals surface area contributed by atoms with Crippen LogP contribution in [0.15, 0.2) is 60.8 Å². The van der Waals surface area contributed by atoms with Crippen molar-refractivity contribution in [2.75, 3.05) is 0 Å². The van der Waals surface area contributed by atoms with Crippen LogP contribution in [0, 0.1) is 0 Å². The minimum Gasteiger partial charge on any atom is -0.369 e. The molecule has 98 valence electrons. The zero-order valence-corrected chi connectivity index (χ0v) is 10.9. The summed E-state index contributed by atoms with van der Waals surface area (Å²) in [6.45, 7) is 0. The molecule has 0 saturated carbocycles. The lowest BCUT2D eigenvalue weighted by atomic mass is 9.99. The summed E-state index contributed by atoms with van der Waals surface area (Å²) in [6.07, 6.45) is 2.02. The molecule has 2 N–H and O–H groups in total. The second kappa shape index (κ2) is 5.13. The highest BCUT2D eigenvalue weighted by molar-refractivity contribution is 5.97. The molecule has 3 aromatic rings. The number of amides is 1. The fourth-order valence-electron chi connectivity index (χ4n) is 2.44. The molecule has 1 amide bonds. The molecule has 0 aliphatic carbocycles. The van der Waals surface area contributed by atoms with Gasteiger partial charge in [0.25, 0.3) is 0 Å². The van der Waals surface area contributed by atoms with Crippen molar-refractivity contribution in [1.82, 2.24) is 4.98 Å². The Morgan fingerprint density at radius 2 is 1.75 bits per heavy atom. The smallest absolute Gasteiger partial charge is 0.221 e. The zero-order chi connectivity index (χ0) is 13.9. The number of fused-ring (bicyclic) bond motifs is 1. The van der Waals surface area contributed by atoms with E-state index in [1.807, 2.05) is 54.6 Å². The van der Waals surface area contributed by atoms with Gasteiger partial charge in [0.1, 0.15) is 0 Å². The standard InChI is InChI=1S/C17H14N2O/c18-16(20)11-13-7-4-8-15-14(13)9-10-19-17(15)12-5-2-1-3-6-12/h1-10H,11H2,(H2,18,20). The zero-order valence-electron chi connectivity index (χ0n) is 10.9. The largest absolute Gasteiger partial charge is 0.369 e. The Morgan fingerprint density at radius 3 is 2.50 bits per heavy atom. The van der Waals surface area contributed by atoms with Crippen molar-refractivity contribution in [2.24, 2.45) is 5.73 Å². The molecule has 0 spiro atoms. The molecule has 2 aromatic carbocycles. The first-order chi connectivity index (χ1) is 9.75. The van der Waals surface area contributed by atoms with E-state index in [0.717, 1.165) is 27.6 Å². The topological polar surface area (TPSA) is 56.0 Å². The number of benzene rings is 2. The molecule has 3 rings (SSSR count). The molecule has 1 heterocycles. The van der Waals surface area contributed by atoms with Crippen LogP contribution in [0.5, 0.6) is 0 Å². The van der Waals surface area contributed by atoms with Gasteiger partial charge in [-0.1, -0.05) is 48.5 Å². The number of carbonyl (C=O) groups excluding carboxylic acids is 1. The first kappa shape index (κ1) is 12.4. The number of aromatic nitrogens is 1. The second-order valence-corrected chi connectivity index (χ2v) is 4.68. The molecule has 3 nitrogen and oxygen atoms in total. The summed E-state index contributed by atoms with van der Waals surface area (Å²) in [7, 11) is 0. The van der Waals surface area contributed by atoms with Gasteiger partial charge >= 0.3 is 0 Å². The highest BCUT2D eigenvalue weighted by Gasteiger charge is 2.09. The van der Waals surface area contributed by atoms with E-state index in [-0.39, 0.29) is 12.3 Å². The number of rotatable bonds is 3. The van der Waals surface area contributed by atoms with Crippen molar-refractivity contribution < 1.29 is 4.79 Å². The number of nitrogens with two attached hydrogens (primary N) is 1. The predicted molar refractivity (Wildman–Crippen MR) is 80.1 cm³/mol. The van der Waals surface area contributed by atoms with Crippen LogP contribution >= 0.6 is 0 Å². The van der Waals surface area contributed by atoms with Gasteiger partial charge < -0.3 is 5.73 Å². The Labute approximate surface area is 117 Å². The normalized spacial score (nSPS) is 10.6. The van der Waals surface area contributed by atoms with E-state index in [0.29, 0.717) is 0 Å². The van der Waals surface area contributed by atoms with Gasteiger partial charge in [-0.2, -0.15) is 0 Å². The highest BCUT2D eigenvalue weighted by atomic mass is 16.1. The lowest BCUT2D eigenvalue weighted by Gasteiger charge is -2.09. The van der Waals surface area contributed by atoms with Gasteiger partial charge in [-0.25, -0.2) is 0 Å². The fraction of sp³-hybridized carbons (Fsp3) is 0.0588. The van der Waals surface area contributed by atoms with E-state index in [9.17, 15) is 4.79 Å².